The minimum atomic E-state index is -4.55. The number of fused-ring (bicyclic) bond motifs is 1. The second kappa shape index (κ2) is 8.38. The number of hydrogen-bond donors (Lipinski definition) is 0. The van der Waals surface area contributed by atoms with Gasteiger partial charge in [0.15, 0.2) is 5.69 Å². The van der Waals surface area contributed by atoms with Gasteiger partial charge in [0, 0.05) is 58.2 Å². The van der Waals surface area contributed by atoms with Crippen LogP contribution >= 0.6 is 0 Å². The maximum Gasteiger partial charge on any atom is 0.433 e. The van der Waals surface area contributed by atoms with E-state index in [1.54, 1.807) is 22.7 Å². The van der Waals surface area contributed by atoms with Crippen LogP contribution in [0.1, 0.15) is 21.9 Å². The van der Waals surface area contributed by atoms with Crippen molar-refractivity contribution in [2.75, 3.05) is 32.7 Å². The van der Waals surface area contributed by atoms with Crippen molar-refractivity contribution in [2.45, 2.75) is 19.6 Å². The van der Waals surface area contributed by atoms with Gasteiger partial charge in [-0.2, -0.15) is 18.3 Å². The van der Waals surface area contributed by atoms with Gasteiger partial charge < -0.3 is 9.47 Å². The fourth-order valence-electron chi connectivity index (χ4n) is 3.75. The number of alkyl halides is 3. The molecule has 0 bridgehead atoms. The van der Waals surface area contributed by atoms with Crippen LogP contribution in [-0.4, -0.2) is 67.8 Å². The number of aryl methyl sites for hydroxylation is 2. The molecule has 0 atom stereocenters. The SMILES string of the molecule is Cc1cc(C(=O)N2CCN(CCn3ccc4nc(C(F)(F)F)ccc4c3=O)CC2)nn1C. The largest absolute Gasteiger partial charge is 0.433 e. The fraction of sp³-hybridized carbons (Fsp3) is 0.429. The highest BCUT2D eigenvalue weighted by atomic mass is 19.4. The molecule has 1 fully saturated rings. The lowest BCUT2D eigenvalue weighted by Crippen LogP contribution is -2.49. The molecule has 4 rings (SSSR count). The number of rotatable bonds is 4. The van der Waals surface area contributed by atoms with Gasteiger partial charge in [0.05, 0.1) is 10.9 Å². The van der Waals surface area contributed by atoms with Crippen LogP contribution in [0.15, 0.2) is 35.3 Å². The molecule has 0 spiro atoms. The van der Waals surface area contributed by atoms with Gasteiger partial charge >= 0.3 is 6.18 Å². The Bertz CT molecular complexity index is 1190. The van der Waals surface area contributed by atoms with Crippen LogP contribution in [0.25, 0.3) is 10.9 Å². The Balaban J connectivity index is 1.37. The van der Waals surface area contributed by atoms with Crippen LogP contribution < -0.4 is 5.56 Å². The number of carbonyl (C=O) groups excluding carboxylic acids is 1. The van der Waals surface area contributed by atoms with Crippen LogP contribution in [0.4, 0.5) is 13.2 Å². The Morgan fingerprint density at radius 1 is 1.09 bits per heavy atom. The molecule has 0 unspecified atom stereocenters. The molecule has 0 aromatic carbocycles. The average Bonchev–Trinajstić information content (AvgIpc) is 3.10. The van der Waals surface area contributed by atoms with Crippen molar-refractivity contribution < 1.29 is 18.0 Å². The number of aromatic nitrogens is 4. The Morgan fingerprint density at radius 3 is 2.44 bits per heavy atom. The number of nitrogens with zero attached hydrogens (tertiary/aromatic N) is 6. The zero-order valence-corrected chi connectivity index (χ0v) is 17.8. The molecule has 1 aliphatic rings. The first-order chi connectivity index (χ1) is 15.1. The first-order valence-electron chi connectivity index (χ1n) is 10.2. The Morgan fingerprint density at radius 2 is 1.81 bits per heavy atom. The molecule has 1 saturated heterocycles. The summed E-state index contributed by atoms with van der Waals surface area (Å²) in [4.78, 5) is 32.7. The van der Waals surface area contributed by atoms with E-state index in [4.69, 9.17) is 0 Å². The van der Waals surface area contributed by atoms with Crippen LogP contribution in [0.3, 0.4) is 0 Å². The maximum absolute atomic E-state index is 12.8. The van der Waals surface area contributed by atoms with E-state index < -0.39 is 11.9 Å². The molecule has 1 aliphatic heterocycles. The molecule has 11 heteroatoms. The summed E-state index contributed by atoms with van der Waals surface area (Å²) in [6, 6.07) is 5.20. The van der Waals surface area contributed by atoms with Crippen LogP contribution in [0.5, 0.6) is 0 Å². The molecule has 3 aromatic rings. The summed E-state index contributed by atoms with van der Waals surface area (Å²) in [6.07, 6.45) is -3.08. The monoisotopic (exact) mass is 448 g/mol. The molecule has 0 saturated carbocycles. The number of hydrogen-bond acceptors (Lipinski definition) is 5. The highest BCUT2D eigenvalue weighted by Crippen LogP contribution is 2.28. The molecule has 0 aliphatic carbocycles. The number of piperazine rings is 1. The quantitative estimate of drug-likeness (QED) is 0.610. The minimum absolute atomic E-state index is 0.0259. The van der Waals surface area contributed by atoms with Gasteiger partial charge in [-0.25, -0.2) is 4.98 Å². The molecular formula is C21H23F3N6O2. The number of amides is 1. The van der Waals surface area contributed by atoms with Gasteiger partial charge in [-0.3, -0.25) is 19.2 Å². The molecular weight excluding hydrogens is 425 g/mol. The van der Waals surface area contributed by atoms with Crippen LogP contribution in [0.2, 0.25) is 0 Å². The van der Waals surface area contributed by atoms with Gasteiger partial charge in [0.25, 0.3) is 11.5 Å². The summed E-state index contributed by atoms with van der Waals surface area (Å²) < 4.78 is 41.7. The summed E-state index contributed by atoms with van der Waals surface area (Å²) >= 11 is 0. The topological polar surface area (TPSA) is 76.3 Å². The van der Waals surface area contributed by atoms with Gasteiger partial charge in [-0.05, 0) is 31.2 Å². The standard InChI is InChI=1S/C21H23F3N6O2/c1-14-13-17(26-27(14)2)20(32)30-11-8-28(9-12-30)7-10-29-6-5-16-15(19(29)31)3-4-18(25-16)21(22,23)24/h3-6,13H,7-12H2,1-2H3. The van der Waals surface area contributed by atoms with Crippen LogP contribution in [0, 0.1) is 6.92 Å². The highest BCUT2D eigenvalue weighted by Gasteiger charge is 2.32. The molecule has 1 amide bonds. The predicted molar refractivity (Wildman–Crippen MR) is 111 cm³/mol. The summed E-state index contributed by atoms with van der Waals surface area (Å²) in [5.41, 5.74) is -0.0162. The first kappa shape index (κ1) is 22.0. The van der Waals surface area contributed by atoms with Crippen molar-refractivity contribution in [3.05, 3.63) is 57.9 Å². The molecule has 32 heavy (non-hydrogen) atoms. The number of halogens is 3. The smallest absolute Gasteiger partial charge is 0.335 e. The third-order valence-corrected chi connectivity index (χ3v) is 5.77. The zero-order valence-electron chi connectivity index (χ0n) is 17.8. The Hall–Kier alpha value is -3.21. The van der Waals surface area contributed by atoms with E-state index in [2.05, 4.69) is 15.0 Å². The molecule has 4 heterocycles. The van der Waals surface area contributed by atoms with Gasteiger partial charge in [-0.15, -0.1) is 0 Å². The van der Waals surface area contributed by atoms with E-state index in [0.717, 1.165) is 11.8 Å². The zero-order chi connectivity index (χ0) is 23.0. The molecule has 0 radical (unpaired) electrons. The highest BCUT2D eigenvalue weighted by molar-refractivity contribution is 5.92. The van der Waals surface area contributed by atoms with Crippen molar-refractivity contribution in [3.8, 4) is 0 Å². The van der Waals surface area contributed by atoms with E-state index in [9.17, 15) is 22.8 Å². The maximum atomic E-state index is 12.8. The number of carbonyl (C=O) groups is 1. The van der Waals surface area contributed by atoms with E-state index in [0.29, 0.717) is 45.0 Å². The van der Waals surface area contributed by atoms with Crippen molar-refractivity contribution in [3.63, 3.8) is 0 Å². The molecule has 170 valence electrons. The average molecular weight is 448 g/mol. The minimum Gasteiger partial charge on any atom is -0.335 e. The first-order valence-corrected chi connectivity index (χ1v) is 10.2. The molecule has 0 N–H and O–H groups in total. The second-order valence-electron chi connectivity index (χ2n) is 7.87. The third-order valence-electron chi connectivity index (χ3n) is 5.77. The van der Waals surface area contributed by atoms with Gasteiger partial charge in [0.1, 0.15) is 5.69 Å². The van der Waals surface area contributed by atoms with Crippen molar-refractivity contribution in [2.24, 2.45) is 7.05 Å². The summed E-state index contributed by atoms with van der Waals surface area (Å²) in [5, 5.41) is 4.39. The van der Waals surface area contributed by atoms with E-state index in [-0.39, 0.29) is 22.4 Å². The van der Waals surface area contributed by atoms with Crippen molar-refractivity contribution >= 4 is 16.8 Å². The van der Waals surface area contributed by atoms with Gasteiger partial charge in [-0.1, -0.05) is 0 Å². The van der Waals surface area contributed by atoms with Crippen molar-refractivity contribution in [1.82, 2.24) is 29.1 Å². The fourth-order valence-corrected chi connectivity index (χ4v) is 3.75. The Labute approximate surface area is 181 Å². The van der Waals surface area contributed by atoms with Gasteiger partial charge in [0.2, 0.25) is 0 Å². The van der Waals surface area contributed by atoms with E-state index in [1.165, 1.54) is 22.9 Å². The second-order valence-corrected chi connectivity index (χ2v) is 7.87. The summed E-state index contributed by atoms with van der Waals surface area (Å²) in [6.45, 7) is 5.32. The van der Waals surface area contributed by atoms with Crippen molar-refractivity contribution in [1.29, 1.82) is 0 Å². The molecule has 3 aromatic heterocycles. The Kier molecular flexibility index (Phi) is 5.76. The lowest BCUT2D eigenvalue weighted by Gasteiger charge is -2.34. The normalized spacial score (nSPS) is 15.5. The van der Waals surface area contributed by atoms with E-state index >= 15 is 0 Å². The number of pyridine rings is 2. The third kappa shape index (κ3) is 4.38. The molecule has 8 nitrogen and oxygen atoms in total. The summed E-state index contributed by atoms with van der Waals surface area (Å²) in [5.74, 6) is -0.0928. The summed E-state index contributed by atoms with van der Waals surface area (Å²) in [7, 11) is 1.80. The van der Waals surface area contributed by atoms with E-state index in [1.807, 2.05) is 6.92 Å². The lowest BCUT2D eigenvalue weighted by molar-refractivity contribution is -0.140. The predicted octanol–water partition coefficient (Wildman–Crippen LogP) is 1.92. The lowest BCUT2D eigenvalue weighted by atomic mass is 10.2. The van der Waals surface area contributed by atoms with Crippen LogP contribution in [-0.2, 0) is 19.8 Å².